The zero-order valence-corrected chi connectivity index (χ0v) is 16.4. The van der Waals surface area contributed by atoms with Crippen LogP contribution in [0.25, 0.3) is 0 Å². The first-order valence-corrected chi connectivity index (χ1v) is 12.1. The summed E-state index contributed by atoms with van der Waals surface area (Å²) < 4.78 is 17.0. The van der Waals surface area contributed by atoms with E-state index in [-0.39, 0.29) is 36.9 Å². The molecule has 1 N–H and O–H groups in total. The van der Waals surface area contributed by atoms with Crippen LogP contribution >= 0.6 is 0 Å². The van der Waals surface area contributed by atoms with Crippen molar-refractivity contribution < 1.29 is 19.3 Å². The normalized spacial score (nSPS) is 31.2. The highest BCUT2D eigenvalue weighted by Crippen LogP contribution is 2.39. The van der Waals surface area contributed by atoms with E-state index in [9.17, 15) is 5.11 Å². The van der Waals surface area contributed by atoms with Crippen molar-refractivity contribution in [3.63, 3.8) is 0 Å². The van der Waals surface area contributed by atoms with Gasteiger partial charge in [0.2, 0.25) is 0 Å². The van der Waals surface area contributed by atoms with E-state index in [1.54, 1.807) is 7.11 Å². The quantitative estimate of drug-likeness (QED) is 0.455. The molecule has 0 aromatic carbocycles. The van der Waals surface area contributed by atoms with Gasteiger partial charge in [0.25, 0.3) is 0 Å². The maximum atomic E-state index is 10.7. The van der Waals surface area contributed by atoms with Crippen molar-refractivity contribution in [3.05, 3.63) is 24.3 Å². The molecule has 0 unspecified atom stereocenters. The van der Waals surface area contributed by atoms with Gasteiger partial charge in [-0.2, -0.15) is 0 Å². The molecule has 1 saturated heterocycles. The fourth-order valence-electron chi connectivity index (χ4n) is 3.30. The monoisotopic (exact) mass is 350 g/mol. The maximum absolute atomic E-state index is 10.7. The third-order valence-electron chi connectivity index (χ3n) is 4.44. The molecule has 2 rings (SSSR count). The summed E-state index contributed by atoms with van der Waals surface area (Å²) >= 11 is 0. The number of methoxy groups -OCH3 is 1. The molecule has 0 aliphatic carbocycles. The van der Waals surface area contributed by atoms with Crippen molar-refractivity contribution in [2.45, 2.75) is 57.4 Å². The lowest BCUT2D eigenvalue weighted by molar-refractivity contribution is -0.140. The van der Waals surface area contributed by atoms with Gasteiger partial charge in [-0.25, -0.2) is 0 Å². The van der Waals surface area contributed by atoms with Crippen LogP contribution in [0.3, 0.4) is 0 Å². The summed E-state index contributed by atoms with van der Waals surface area (Å²) in [6.45, 7) is 8.90. The van der Waals surface area contributed by atoms with E-state index in [0.717, 1.165) is 0 Å². The van der Waals surface area contributed by atoms with Gasteiger partial charge in [-0.15, -0.1) is 11.5 Å². The molecule has 2 aliphatic rings. The van der Waals surface area contributed by atoms with E-state index >= 15 is 0 Å². The van der Waals surface area contributed by atoms with E-state index in [4.69, 9.17) is 14.2 Å². The van der Waals surface area contributed by atoms with Crippen LogP contribution in [0, 0.1) is 23.3 Å². The summed E-state index contributed by atoms with van der Waals surface area (Å²) in [5, 5.41) is 10.7. The first-order chi connectivity index (χ1) is 11.3. The Kier molecular flexibility index (Phi) is 6.85. The van der Waals surface area contributed by atoms with E-state index in [1.807, 2.05) is 18.2 Å². The van der Waals surface area contributed by atoms with Gasteiger partial charge >= 0.3 is 0 Å². The second kappa shape index (κ2) is 8.46. The third kappa shape index (κ3) is 5.04. The van der Waals surface area contributed by atoms with Gasteiger partial charge in [-0.1, -0.05) is 50.9 Å². The van der Waals surface area contributed by atoms with Gasteiger partial charge in [0, 0.05) is 19.4 Å². The molecule has 24 heavy (non-hydrogen) atoms. The Morgan fingerprint density at radius 2 is 1.88 bits per heavy atom. The van der Waals surface area contributed by atoms with Crippen LogP contribution in [0.2, 0.25) is 19.6 Å². The smallest absolute Gasteiger partial charge is 0.146 e. The van der Waals surface area contributed by atoms with E-state index in [2.05, 4.69) is 44.1 Å². The Balaban J connectivity index is 2.13. The average Bonchev–Trinajstić information content (AvgIpc) is 2.67. The first-order valence-electron chi connectivity index (χ1n) is 8.62. The Hall–Kier alpha value is -0.903. The maximum Gasteiger partial charge on any atom is 0.146 e. The lowest BCUT2D eigenvalue weighted by Gasteiger charge is -2.32. The summed E-state index contributed by atoms with van der Waals surface area (Å²) in [6.07, 6.45) is 7.57. The number of rotatable bonds is 6. The van der Waals surface area contributed by atoms with Crippen molar-refractivity contribution in [1.82, 2.24) is 0 Å². The number of aliphatic hydroxyl groups is 1. The standard InChI is InChI=1S/C19H30O4Si/c1-14-16-10-6-7-11-17(23-16)18(14)19(22-13-21-2)15(20)9-8-12-24(3,4)5/h6-7,10-11,14-20H,9,13H2,1-5H3/t14-,15-,16-,17+,18-,19+/m1/s1. The molecule has 2 heterocycles. The molecular weight excluding hydrogens is 320 g/mol. The number of ether oxygens (including phenoxy) is 3. The first kappa shape index (κ1) is 19.4. The van der Waals surface area contributed by atoms with Crippen molar-refractivity contribution in [2.24, 2.45) is 11.8 Å². The van der Waals surface area contributed by atoms with Crippen LogP contribution in [-0.4, -0.2) is 51.5 Å². The Morgan fingerprint density at radius 3 is 2.50 bits per heavy atom. The molecule has 6 atom stereocenters. The minimum Gasteiger partial charge on any atom is -0.389 e. The number of allylic oxidation sites excluding steroid dienone is 2. The van der Waals surface area contributed by atoms with Gasteiger partial charge in [0.1, 0.15) is 14.9 Å². The van der Waals surface area contributed by atoms with E-state index in [1.165, 1.54) is 0 Å². The minimum absolute atomic E-state index is 0.0542. The minimum atomic E-state index is -1.44. The molecular formula is C19H30O4Si. The number of hydrogen-bond donors (Lipinski definition) is 1. The highest BCUT2D eigenvalue weighted by molar-refractivity contribution is 6.83. The van der Waals surface area contributed by atoms with Crippen LogP contribution < -0.4 is 0 Å². The molecule has 0 aromatic rings. The number of hydrogen-bond acceptors (Lipinski definition) is 4. The average molecular weight is 351 g/mol. The van der Waals surface area contributed by atoms with Crippen LogP contribution in [-0.2, 0) is 14.2 Å². The van der Waals surface area contributed by atoms with Gasteiger partial charge in [-0.05, 0) is 5.92 Å². The molecule has 5 heteroatoms. The zero-order valence-electron chi connectivity index (χ0n) is 15.4. The molecule has 4 nitrogen and oxygen atoms in total. The highest BCUT2D eigenvalue weighted by atomic mass is 28.3. The number of aliphatic hydroxyl groups excluding tert-OH is 1. The van der Waals surface area contributed by atoms with Gasteiger partial charge in [0.05, 0.1) is 24.4 Å². The molecule has 1 fully saturated rings. The SMILES string of the molecule is COCO[C@H]([C@@H]1[C@H](C)[C@H]2C=CC=C[C@@H]1O2)[C@H](O)CC#C[Si](C)(C)C. The predicted molar refractivity (Wildman–Crippen MR) is 98.1 cm³/mol. The summed E-state index contributed by atoms with van der Waals surface area (Å²) in [7, 11) is 0.152. The summed E-state index contributed by atoms with van der Waals surface area (Å²) in [4.78, 5) is 0. The highest BCUT2D eigenvalue weighted by Gasteiger charge is 2.46. The summed E-state index contributed by atoms with van der Waals surface area (Å²) in [5.41, 5.74) is 3.31. The lowest BCUT2D eigenvalue weighted by atomic mass is 9.80. The van der Waals surface area contributed by atoms with Crippen LogP contribution in [0.5, 0.6) is 0 Å². The molecule has 0 saturated carbocycles. The summed E-state index contributed by atoms with van der Waals surface area (Å²) in [6, 6.07) is 0. The van der Waals surface area contributed by atoms with Crippen LogP contribution in [0.1, 0.15) is 13.3 Å². The largest absolute Gasteiger partial charge is 0.389 e. The second-order valence-corrected chi connectivity index (χ2v) is 12.4. The molecule has 2 aliphatic heterocycles. The lowest BCUT2D eigenvalue weighted by Crippen LogP contribution is -2.42. The van der Waals surface area contributed by atoms with Crippen molar-refractivity contribution in [3.8, 4) is 11.5 Å². The van der Waals surface area contributed by atoms with Crippen LogP contribution in [0.15, 0.2) is 24.3 Å². The van der Waals surface area contributed by atoms with Crippen LogP contribution in [0.4, 0.5) is 0 Å². The van der Waals surface area contributed by atoms with Gasteiger partial charge in [0.15, 0.2) is 0 Å². The topological polar surface area (TPSA) is 47.9 Å². The molecule has 2 bridgehead atoms. The van der Waals surface area contributed by atoms with Crippen molar-refractivity contribution >= 4 is 8.07 Å². The molecule has 0 amide bonds. The molecule has 0 radical (unpaired) electrons. The molecule has 0 spiro atoms. The Bertz CT molecular complexity index is 526. The third-order valence-corrected chi connectivity index (χ3v) is 5.37. The second-order valence-electron chi connectivity index (χ2n) is 7.63. The predicted octanol–water partition coefficient (Wildman–Crippen LogP) is 2.75. The Labute approximate surface area is 146 Å². The van der Waals surface area contributed by atoms with Gasteiger partial charge < -0.3 is 19.3 Å². The van der Waals surface area contributed by atoms with E-state index < -0.39 is 14.2 Å². The van der Waals surface area contributed by atoms with E-state index in [0.29, 0.717) is 6.42 Å². The summed E-state index contributed by atoms with van der Waals surface area (Å²) in [5.74, 6) is 3.50. The fourth-order valence-corrected chi connectivity index (χ4v) is 3.94. The molecule has 0 aromatic heterocycles. The number of fused-ring (bicyclic) bond motifs is 2. The van der Waals surface area contributed by atoms with Gasteiger partial charge in [-0.3, -0.25) is 0 Å². The van der Waals surface area contributed by atoms with Crippen molar-refractivity contribution in [1.29, 1.82) is 0 Å². The fraction of sp³-hybridized carbons (Fsp3) is 0.684. The Morgan fingerprint density at radius 1 is 1.21 bits per heavy atom. The van der Waals surface area contributed by atoms with Crippen molar-refractivity contribution in [2.75, 3.05) is 13.9 Å². The molecule has 134 valence electrons. The zero-order chi connectivity index (χ0) is 17.7.